The molecule has 0 aliphatic heterocycles. The molecule has 0 fully saturated rings. The Bertz CT molecular complexity index is 297. The maximum Gasteiger partial charge on any atom is 0.138 e. The Morgan fingerprint density at radius 2 is 2.33 bits per heavy atom. The highest BCUT2D eigenvalue weighted by molar-refractivity contribution is 4.92. The second-order valence-corrected chi connectivity index (χ2v) is 3.91. The maximum atomic E-state index is 10.1. The van der Waals surface area contributed by atoms with Gasteiger partial charge >= 0.3 is 0 Å². The molecule has 86 valence electrons. The first-order valence-corrected chi connectivity index (χ1v) is 5.17. The lowest BCUT2D eigenvalue weighted by atomic mass is 9.98. The van der Waals surface area contributed by atoms with Gasteiger partial charge in [0.1, 0.15) is 12.2 Å². The molecular formula is C10H19N3O2. The van der Waals surface area contributed by atoms with Crippen LogP contribution in [0, 0.1) is 0 Å². The van der Waals surface area contributed by atoms with Gasteiger partial charge in [-0.1, -0.05) is 0 Å². The first kappa shape index (κ1) is 12.1. The predicted octanol–water partition coefficient (Wildman–Crippen LogP) is 0.628. The monoisotopic (exact) mass is 213 g/mol. The number of hydrogen-bond acceptors (Lipinski definition) is 4. The number of aromatic nitrogens is 3. The SMILES string of the molecule is CCn1ncnc1CC(C)(O)CCOC. The van der Waals surface area contributed by atoms with Crippen molar-refractivity contribution in [3.05, 3.63) is 12.2 Å². The van der Waals surface area contributed by atoms with Gasteiger partial charge in [0.15, 0.2) is 0 Å². The van der Waals surface area contributed by atoms with Crippen molar-refractivity contribution in [3.8, 4) is 0 Å². The summed E-state index contributed by atoms with van der Waals surface area (Å²) >= 11 is 0. The number of nitrogens with zero attached hydrogens (tertiary/aromatic N) is 3. The van der Waals surface area contributed by atoms with Gasteiger partial charge in [0, 0.05) is 26.7 Å². The Morgan fingerprint density at radius 3 is 2.93 bits per heavy atom. The molecule has 1 rings (SSSR count). The highest BCUT2D eigenvalue weighted by Gasteiger charge is 2.23. The molecule has 5 nitrogen and oxygen atoms in total. The molecule has 0 radical (unpaired) electrons. The third kappa shape index (κ3) is 3.60. The van der Waals surface area contributed by atoms with Gasteiger partial charge < -0.3 is 9.84 Å². The number of hydrogen-bond donors (Lipinski definition) is 1. The van der Waals surface area contributed by atoms with Crippen molar-refractivity contribution >= 4 is 0 Å². The van der Waals surface area contributed by atoms with E-state index >= 15 is 0 Å². The molecule has 0 amide bonds. The van der Waals surface area contributed by atoms with E-state index in [1.807, 2.05) is 6.92 Å². The largest absolute Gasteiger partial charge is 0.390 e. The molecule has 0 spiro atoms. The Kier molecular flexibility index (Phi) is 4.23. The highest BCUT2D eigenvalue weighted by Crippen LogP contribution is 2.15. The van der Waals surface area contributed by atoms with Crippen LogP contribution in [0.4, 0.5) is 0 Å². The molecule has 1 aromatic rings. The quantitative estimate of drug-likeness (QED) is 0.753. The first-order chi connectivity index (χ1) is 7.09. The first-order valence-electron chi connectivity index (χ1n) is 5.17. The van der Waals surface area contributed by atoms with Gasteiger partial charge in [-0.25, -0.2) is 4.98 Å². The molecule has 0 aromatic carbocycles. The molecule has 0 saturated carbocycles. The average Bonchev–Trinajstić information content (AvgIpc) is 2.61. The van der Waals surface area contributed by atoms with E-state index in [0.717, 1.165) is 12.4 Å². The Morgan fingerprint density at radius 1 is 1.60 bits per heavy atom. The molecule has 0 saturated heterocycles. The third-order valence-electron chi connectivity index (χ3n) is 2.38. The van der Waals surface area contributed by atoms with Crippen molar-refractivity contribution < 1.29 is 9.84 Å². The molecule has 1 N–H and O–H groups in total. The van der Waals surface area contributed by atoms with Crippen LogP contribution in [-0.2, 0) is 17.7 Å². The van der Waals surface area contributed by atoms with Gasteiger partial charge in [0.2, 0.25) is 0 Å². The van der Waals surface area contributed by atoms with Gasteiger partial charge in [0.25, 0.3) is 0 Å². The minimum atomic E-state index is -0.782. The summed E-state index contributed by atoms with van der Waals surface area (Å²) in [5, 5.41) is 14.1. The molecular weight excluding hydrogens is 194 g/mol. The molecule has 1 aromatic heterocycles. The van der Waals surface area contributed by atoms with Crippen molar-refractivity contribution in [2.45, 2.75) is 38.8 Å². The van der Waals surface area contributed by atoms with Crippen LogP contribution >= 0.6 is 0 Å². The summed E-state index contributed by atoms with van der Waals surface area (Å²) in [6.07, 6.45) is 2.62. The summed E-state index contributed by atoms with van der Waals surface area (Å²) < 4.78 is 6.74. The molecule has 1 atom stereocenters. The zero-order chi connectivity index (χ0) is 11.3. The minimum absolute atomic E-state index is 0.504. The highest BCUT2D eigenvalue weighted by atomic mass is 16.5. The van der Waals surface area contributed by atoms with Crippen molar-refractivity contribution in [3.63, 3.8) is 0 Å². The van der Waals surface area contributed by atoms with E-state index in [0.29, 0.717) is 19.4 Å². The fourth-order valence-electron chi connectivity index (χ4n) is 1.44. The zero-order valence-electron chi connectivity index (χ0n) is 9.60. The van der Waals surface area contributed by atoms with Gasteiger partial charge in [-0.15, -0.1) is 0 Å². The van der Waals surface area contributed by atoms with Crippen LogP contribution < -0.4 is 0 Å². The molecule has 0 aliphatic carbocycles. The summed E-state index contributed by atoms with van der Waals surface area (Å²) in [6, 6.07) is 0. The lowest BCUT2D eigenvalue weighted by Gasteiger charge is -2.22. The fraction of sp³-hybridized carbons (Fsp3) is 0.800. The van der Waals surface area contributed by atoms with E-state index < -0.39 is 5.60 Å². The Labute approximate surface area is 90.1 Å². The minimum Gasteiger partial charge on any atom is -0.390 e. The van der Waals surface area contributed by atoms with E-state index in [4.69, 9.17) is 4.74 Å². The van der Waals surface area contributed by atoms with Crippen LogP contribution in [0.25, 0.3) is 0 Å². The Hall–Kier alpha value is -0.940. The van der Waals surface area contributed by atoms with E-state index in [2.05, 4.69) is 10.1 Å². The lowest BCUT2D eigenvalue weighted by Crippen LogP contribution is -2.30. The number of methoxy groups -OCH3 is 1. The molecule has 0 aliphatic rings. The van der Waals surface area contributed by atoms with Crippen LogP contribution in [-0.4, -0.2) is 39.2 Å². The molecule has 1 unspecified atom stereocenters. The molecule has 5 heteroatoms. The van der Waals surface area contributed by atoms with Crippen molar-refractivity contribution in [2.24, 2.45) is 0 Å². The standard InChI is InChI=1S/C10H19N3O2/c1-4-13-9(11-8-12-13)7-10(2,14)5-6-15-3/h8,14H,4-7H2,1-3H3. The van der Waals surface area contributed by atoms with Crippen molar-refractivity contribution in [1.82, 2.24) is 14.8 Å². The fourth-order valence-corrected chi connectivity index (χ4v) is 1.44. The number of aryl methyl sites for hydroxylation is 1. The van der Waals surface area contributed by atoms with Gasteiger partial charge in [-0.3, -0.25) is 4.68 Å². The summed E-state index contributed by atoms with van der Waals surface area (Å²) in [6.45, 7) is 5.12. The smallest absolute Gasteiger partial charge is 0.138 e. The zero-order valence-corrected chi connectivity index (χ0v) is 9.60. The van der Waals surface area contributed by atoms with Gasteiger partial charge in [-0.05, 0) is 20.3 Å². The third-order valence-corrected chi connectivity index (χ3v) is 2.38. The van der Waals surface area contributed by atoms with Crippen LogP contribution in [0.5, 0.6) is 0 Å². The summed E-state index contributed by atoms with van der Waals surface area (Å²) in [7, 11) is 1.63. The topological polar surface area (TPSA) is 60.2 Å². The van der Waals surface area contributed by atoms with Crippen LogP contribution in [0.2, 0.25) is 0 Å². The van der Waals surface area contributed by atoms with Crippen molar-refractivity contribution in [2.75, 3.05) is 13.7 Å². The average molecular weight is 213 g/mol. The number of ether oxygens (including phenoxy) is 1. The molecule has 15 heavy (non-hydrogen) atoms. The second-order valence-electron chi connectivity index (χ2n) is 3.91. The predicted molar refractivity (Wildman–Crippen MR) is 56.5 cm³/mol. The van der Waals surface area contributed by atoms with E-state index in [1.165, 1.54) is 6.33 Å². The van der Waals surface area contributed by atoms with Gasteiger partial charge in [-0.2, -0.15) is 5.10 Å². The normalized spacial score (nSPS) is 15.2. The van der Waals surface area contributed by atoms with E-state index in [1.54, 1.807) is 18.7 Å². The summed E-state index contributed by atoms with van der Waals surface area (Å²) in [5.74, 6) is 0.818. The van der Waals surface area contributed by atoms with Gasteiger partial charge in [0.05, 0.1) is 5.60 Å². The lowest BCUT2D eigenvalue weighted by molar-refractivity contribution is 0.0225. The summed E-state index contributed by atoms with van der Waals surface area (Å²) in [5.41, 5.74) is -0.782. The van der Waals surface area contributed by atoms with Crippen molar-refractivity contribution in [1.29, 1.82) is 0 Å². The second kappa shape index (κ2) is 5.23. The number of rotatable bonds is 6. The summed E-state index contributed by atoms with van der Waals surface area (Å²) in [4.78, 5) is 4.13. The maximum absolute atomic E-state index is 10.1. The molecule has 1 heterocycles. The number of aliphatic hydroxyl groups is 1. The van der Waals surface area contributed by atoms with Crippen LogP contribution in [0.1, 0.15) is 26.1 Å². The van der Waals surface area contributed by atoms with Crippen LogP contribution in [0.3, 0.4) is 0 Å². The Balaban J connectivity index is 2.59. The van der Waals surface area contributed by atoms with Crippen LogP contribution in [0.15, 0.2) is 6.33 Å². The molecule has 0 bridgehead atoms. The van der Waals surface area contributed by atoms with E-state index in [-0.39, 0.29) is 0 Å². The van der Waals surface area contributed by atoms with E-state index in [9.17, 15) is 5.11 Å².